The van der Waals surface area contributed by atoms with E-state index in [1.54, 1.807) is 88.4 Å². The van der Waals surface area contributed by atoms with Gasteiger partial charge in [0.05, 0.1) is 27.7 Å². The quantitative estimate of drug-likeness (QED) is 0.203. The summed E-state index contributed by atoms with van der Waals surface area (Å²) in [6, 6.07) is 9.24. The van der Waals surface area contributed by atoms with Crippen LogP contribution in [0.2, 0.25) is 0 Å². The maximum atomic E-state index is 9.24. The molecule has 1 fully saturated rings. The third-order valence-electron chi connectivity index (χ3n) is 7.14. The lowest BCUT2D eigenvalue weighted by Crippen LogP contribution is -2.41. The predicted octanol–water partition coefficient (Wildman–Crippen LogP) is 8.79. The second kappa shape index (κ2) is 10.5. The summed E-state index contributed by atoms with van der Waals surface area (Å²) in [5, 5.41) is 0. The van der Waals surface area contributed by atoms with Gasteiger partial charge >= 0.3 is 7.12 Å². The molecule has 0 unspecified atom stereocenters. The summed E-state index contributed by atoms with van der Waals surface area (Å²) in [5.41, 5.74) is -3.14. The normalized spacial score (nSPS) is 19.9. The predicted molar refractivity (Wildman–Crippen MR) is 168 cm³/mol. The van der Waals surface area contributed by atoms with E-state index in [4.69, 9.17) is 17.5 Å². The van der Waals surface area contributed by atoms with Crippen LogP contribution in [0.4, 0.5) is 17.1 Å². The summed E-state index contributed by atoms with van der Waals surface area (Å²) in [5.74, 6) is 0. The fourth-order valence-corrected chi connectivity index (χ4v) is 4.18. The first-order valence-electron chi connectivity index (χ1n) is 18.9. The van der Waals surface area contributed by atoms with Gasteiger partial charge in [0, 0.05) is 17.1 Å². The van der Waals surface area contributed by atoms with Gasteiger partial charge in [0.25, 0.3) is 0 Å². The molecule has 0 amide bonds. The van der Waals surface area contributed by atoms with Crippen molar-refractivity contribution >= 4 is 29.6 Å². The molecule has 0 aliphatic carbocycles. The highest BCUT2D eigenvalue weighted by molar-refractivity contribution is 6.62. The molecule has 0 saturated carbocycles. The SMILES string of the molecule is [2H]c1c([2H])c(N(c2c([2H])c([2H])c(-c3ccccc3)c([2H])c2[2H])c2c([2H])c([2H])c(-c3ccccc3)c([2H])c2[2H])c([2H])c([2H])c1B1OC(C)(C)C(C)(C)O1. The Morgan fingerprint density at radius 3 is 1.23 bits per heavy atom. The molecule has 0 atom stereocenters. The molecule has 198 valence electrons. The molecule has 0 radical (unpaired) electrons. The number of rotatable bonds is 6. The molecule has 1 heterocycles. The van der Waals surface area contributed by atoms with Crippen molar-refractivity contribution in [1.29, 1.82) is 0 Å². The second-order valence-corrected chi connectivity index (χ2v) is 10.4. The van der Waals surface area contributed by atoms with Crippen molar-refractivity contribution in [3.05, 3.63) is 133 Å². The van der Waals surface area contributed by atoms with Crippen LogP contribution in [0.25, 0.3) is 22.3 Å². The maximum absolute atomic E-state index is 9.24. The number of hydrogen-bond acceptors (Lipinski definition) is 3. The molecule has 4 heteroatoms. The Morgan fingerprint density at radius 1 is 0.500 bits per heavy atom. The Bertz CT molecular complexity index is 2040. The Hall–Kier alpha value is -4.12. The Balaban J connectivity index is 1.72. The molecule has 40 heavy (non-hydrogen) atoms. The monoisotopic (exact) mass is 535 g/mol. The van der Waals surface area contributed by atoms with Gasteiger partial charge in [-0.25, -0.2) is 0 Å². The van der Waals surface area contributed by atoms with Crippen LogP contribution in [0, 0.1) is 0 Å². The van der Waals surface area contributed by atoms with Crippen molar-refractivity contribution in [2.24, 2.45) is 0 Å². The molecule has 5 aromatic rings. The molecule has 0 N–H and O–H groups in total. The van der Waals surface area contributed by atoms with Gasteiger partial charge < -0.3 is 14.2 Å². The summed E-state index contributed by atoms with van der Waals surface area (Å²) in [4.78, 5) is 0.791. The Morgan fingerprint density at radius 2 is 0.850 bits per heavy atom. The van der Waals surface area contributed by atoms with Gasteiger partial charge in [-0.05, 0) is 91.7 Å². The van der Waals surface area contributed by atoms with E-state index in [1.807, 2.05) is 0 Å². The van der Waals surface area contributed by atoms with E-state index in [-0.39, 0.29) is 16.6 Å². The molecule has 1 aliphatic rings. The van der Waals surface area contributed by atoms with Crippen LogP contribution in [-0.2, 0) is 9.31 Å². The number of hydrogen-bond donors (Lipinski definition) is 0. The van der Waals surface area contributed by atoms with Crippen molar-refractivity contribution in [2.75, 3.05) is 4.90 Å². The van der Waals surface area contributed by atoms with E-state index in [0.717, 1.165) is 4.90 Å². The largest absolute Gasteiger partial charge is 0.494 e. The molecular weight excluding hydrogens is 489 g/mol. The van der Waals surface area contributed by atoms with Crippen LogP contribution in [0.1, 0.15) is 44.1 Å². The lowest BCUT2D eigenvalue weighted by molar-refractivity contribution is 0.00578. The lowest BCUT2D eigenvalue weighted by atomic mass is 9.79. The van der Waals surface area contributed by atoms with Crippen LogP contribution in [0.5, 0.6) is 0 Å². The smallest absolute Gasteiger partial charge is 0.399 e. The lowest BCUT2D eigenvalue weighted by Gasteiger charge is -2.32. The van der Waals surface area contributed by atoms with Crippen molar-refractivity contribution in [2.45, 2.75) is 38.9 Å². The highest BCUT2D eigenvalue weighted by Crippen LogP contribution is 2.38. The van der Waals surface area contributed by atoms with E-state index >= 15 is 0 Å². The summed E-state index contributed by atoms with van der Waals surface area (Å²) >= 11 is 0. The molecule has 0 spiro atoms. The minimum atomic E-state index is -1.31. The highest BCUT2D eigenvalue weighted by atomic mass is 16.7. The average molecular weight is 536 g/mol. The van der Waals surface area contributed by atoms with Gasteiger partial charge in [-0.2, -0.15) is 0 Å². The van der Waals surface area contributed by atoms with Crippen LogP contribution in [-0.4, -0.2) is 18.3 Å². The molecule has 5 aromatic carbocycles. The average Bonchev–Trinajstić information content (AvgIpc) is 3.32. The van der Waals surface area contributed by atoms with Gasteiger partial charge in [-0.1, -0.05) is 96.9 Å². The molecule has 3 nitrogen and oxygen atoms in total. The topological polar surface area (TPSA) is 21.7 Å². The molecular formula is C36H34BNO2. The Kier molecular flexibility index (Phi) is 4.08. The number of benzene rings is 5. The zero-order chi connectivity index (χ0) is 38.2. The zero-order valence-corrected chi connectivity index (χ0v) is 22.6. The molecule has 0 aromatic heterocycles. The minimum Gasteiger partial charge on any atom is -0.399 e. The van der Waals surface area contributed by atoms with Crippen molar-refractivity contribution < 1.29 is 25.8 Å². The van der Waals surface area contributed by atoms with Gasteiger partial charge in [0.2, 0.25) is 0 Å². The van der Waals surface area contributed by atoms with Crippen molar-refractivity contribution in [3.63, 3.8) is 0 Å². The van der Waals surface area contributed by atoms with Gasteiger partial charge in [-0.15, -0.1) is 0 Å². The van der Waals surface area contributed by atoms with Crippen molar-refractivity contribution in [3.8, 4) is 22.3 Å². The Labute approximate surface area is 255 Å². The van der Waals surface area contributed by atoms with E-state index in [9.17, 15) is 8.22 Å². The van der Waals surface area contributed by atoms with E-state index in [0.29, 0.717) is 11.1 Å². The van der Waals surface area contributed by atoms with Gasteiger partial charge in [0.15, 0.2) is 0 Å². The van der Waals surface area contributed by atoms with Crippen molar-refractivity contribution in [1.82, 2.24) is 0 Å². The van der Waals surface area contributed by atoms with E-state index < -0.39 is 108 Å². The number of nitrogens with zero attached hydrogens (tertiary/aromatic N) is 1. The first-order valence-corrected chi connectivity index (χ1v) is 12.9. The second-order valence-electron chi connectivity index (χ2n) is 10.4. The summed E-state index contributed by atoms with van der Waals surface area (Å²) in [6.45, 7) is 7.07. The number of anilines is 3. The van der Waals surface area contributed by atoms with E-state index in [2.05, 4.69) is 0 Å². The highest BCUT2D eigenvalue weighted by Gasteiger charge is 2.51. The van der Waals surface area contributed by atoms with Gasteiger partial charge in [-0.3, -0.25) is 0 Å². The molecule has 1 aliphatic heterocycles. The summed E-state index contributed by atoms with van der Waals surface area (Å²) < 4.78 is 122. The van der Waals surface area contributed by atoms with Crippen LogP contribution >= 0.6 is 0 Å². The molecule has 1 saturated heterocycles. The fraction of sp³-hybridized carbons (Fsp3) is 0.167. The first-order chi connectivity index (χ1) is 24.3. The van der Waals surface area contributed by atoms with Crippen LogP contribution < -0.4 is 10.4 Å². The third kappa shape index (κ3) is 5.09. The third-order valence-corrected chi connectivity index (χ3v) is 7.14. The van der Waals surface area contributed by atoms with E-state index in [1.165, 1.54) is 0 Å². The van der Waals surface area contributed by atoms with Gasteiger partial charge in [0.1, 0.15) is 0 Å². The molecule has 6 rings (SSSR count). The summed E-state index contributed by atoms with van der Waals surface area (Å²) in [7, 11) is -1.31. The van der Waals surface area contributed by atoms with Crippen LogP contribution in [0.15, 0.2) is 133 Å². The standard InChI is InChI=1S/C36H34BNO2/c1-35(2)36(3,4)40-37(39-35)31-19-25-34(26-20-31)38(32-21-15-29(16-22-32)27-11-7-5-8-12-27)33-23-17-30(18-24-33)28-13-9-6-10-14-28/h5-26H,1-4H3/i15D,16D,17D,18D,19D,20D,21D,22D,23D,24D,25D,26D. The maximum Gasteiger partial charge on any atom is 0.494 e. The fourth-order valence-electron chi connectivity index (χ4n) is 4.18. The minimum absolute atomic E-state index is 0.0473. The van der Waals surface area contributed by atoms with Crippen LogP contribution in [0.3, 0.4) is 0 Å². The zero-order valence-electron chi connectivity index (χ0n) is 34.6. The molecule has 0 bridgehead atoms. The first kappa shape index (κ1) is 15.6. The summed E-state index contributed by atoms with van der Waals surface area (Å²) in [6.07, 6.45) is 0.